The summed E-state index contributed by atoms with van der Waals surface area (Å²) in [6.07, 6.45) is 5.39. The van der Waals surface area contributed by atoms with Gasteiger partial charge in [0.2, 0.25) is 0 Å². The zero-order valence-corrected chi connectivity index (χ0v) is 11.5. The van der Waals surface area contributed by atoms with E-state index in [2.05, 4.69) is 11.2 Å². The Kier molecular flexibility index (Phi) is 4.43. The maximum Gasteiger partial charge on any atom is 0.142 e. The van der Waals surface area contributed by atoms with Crippen LogP contribution >= 0.6 is 23.2 Å². The lowest BCUT2D eigenvalue weighted by molar-refractivity contribution is 0.430. The number of terminal acetylenes is 1. The number of rotatable bonds is 3. The molecule has 92 valence electrons. The van der Waals surface area contributed by atoms with Crippen molar-refractivity contribution in [2.45, 2.75) is 32.4 Å². The summed E-state index contributed by atoms with van der Waals surface area (Å²) in [4.78, 5) is 0. The third-order valence-corrected chi connectivity index (χ3v) is 3.16. The average molecular weight is 274 g/mol. The summed E-state index contributed by atoms with van der Waals surface area (Å²) in [5.41, 5.74) is 0.00920. The minimum absolute atomic E-state index is 0.0327. The summed E-state index contributed by atoms with van der Waals surface area (Å²) in [6, 6.07) is 2.49. The molecule has 0 fully saturated rings. The maximum atomic E-state index is 13.4. The number of halogens is 3. The highest BCUT2D eigenvalue weighted by molar-refractivity contribution is 6.36. The van der Waals surface area contributed by atoms with Gasteiger partial charge in [0.05, 0.1) is 10.6 Å². The fourth-order valence-corrected chi connectivity index (χ4v) is 2.29. The molecule has 1 aromatic carbocycles. The average Bonchev–Trinajstić information content (AvgIpc) is 2.23. The Morgan fingerprint density at radius 2 is 2.00 bits per heavy atom. The summed E-state index contributed by atoms with van der Waals surface area (Å²) in [5.74, 6) is 2.12. The third-order valence-electron chi connectivity index (χ3n) is 2.45. The normalized spacial score (nSPS) is 13.2. The van der Waals surface area contributed by atoms with Gasteiger partial charge in [0.25, 0.3) is 0 Å². The molecule has 0 saturated carbocycles. The van der Waals surface area contributed by atoms with Crippen LogP contribution in [0, 0.1) is 18.2 Å². The first-order valence-electron chi connectivity index (χ1n) is 5.17. The Balaban J connectivity index is 3.10. The SMILES string of the molecule is C#CC(C)(C)NC(C)c1c(Cl)ccc(F)c1Cl. The Morgan fingerprint density at radius 1 is 1.41 bits per heavy atom. The maximum absolute atomic E-state index is 13.4. The van der Waals surface area contributed by atoms with Crippen molar-refractivity contribution in [1.82, 2.24) is 5.32 Å². The monoisotopic (exact) mass is 273 g/mol. The van der Waals surface area contributed by atoms with E-state index in [0.717, 1.165) is 0 Å². The molecular formula is C13H14Cl2FN. The standard InChI is InChI=1S/C13H14Cl2FN/c1-5-13(3,4)17-8(2)11-9(14)6-7-10(16)12(11)15/h1,6-8,17H,2-4H3. The molecule has 0 saturated heterocycles. The van der Waals surface area contributed by atoms with Gasteiger partial charge in [-0.3, -0.25) is 5.32 Å². The van der Waals surface area contributed by atoms with Crippen LogP contribution in [-0.2, 0) is 0 Å². The molecule has 1 nitrogen and oxygen atoms in total. The van der Waals surface area contributed by atoms with Crippen molar-refractivity contribution in [1.29, 1.82) is 0 Å². The van der Waals surface area contributed by atoms with Crippen molar-refractivity contribution < 1.29 is 4.39 Å². The summed E-state index contributed by atoms with van der Waals surface area (Å²) in [7, 11) is 0. The first-order chi connectivity index (χ1) is 7.78. The van der Waals surface area contributed by atoms with Crippen molar-refractivity contribution >= 4 is 23.2 Å². The van der Waals surface area contributed by atoms with E-state index in [1.165, 1.54) is 12.1 Å². The van der Waals surface area contributed by atoms with Gasteiger partial charge >= 0.3 is 0 Å². The lowest BCUT2D eigenvalue weighted by Gasteiger charge is -2.26. The van der Waals surface area contributed by atoms with Crippen molar-refractivity contribution in [3.63, 3.8) is 0 Å². The molecule has 17 heavy (non-hydrogen) atoms. The summed E-state index contributed by atoms with van der Waals surface area (Å²) < 4.78 is 13.4. The highest BCUT2D eigenvalue weighted by atomic mass is 35.5. The highest BCUT2D eigenvalue weighted by Crippen LogP contribution is 2.33. The lowest BCUT2D eigenvalue weighted by Crippen LogP contribution is -2.39. The van der Waals surface area contributed by atoms with E-state index in [9.17, 15) is 4.39 Å². The number of benzene rings is 1. The topological polar surface area (TPSA) is 12.0 Å². The van der Waals surface area contributed by atoms with E-state index in [0.29, 0.717) is 10.6 Å². The van der Waals surface area contributed by atoms with Gasteiger partial charge in [0, 0.05) is 16.6 Å². The Hall–Kier alpha value is -0.750. The number of hydrogen-bond acceptors (Lipinski definition) is 1. The zero-order chi connectivity index (χ0) is 13.2. The Bertz CT molecular complexity index is 463. The van der Waals surface area contributed by atoms with Gasteiger partial charge in [0.1, 0.15) is 5.82 Å². The fourth-order valence-electron chi connectivity index (χ4n) is 1.59. The fraction of sp³-hybridized carbons (Fsp3) is 0.385. The second kappa shape index (κ2) is 5.27. The minimum Gasteiger partial charge on any atom is -0.295 e. The van der Waals surface area contributed by atoms with Crippen LogP contribution in [0.3, 0.4) is 0 Å². The largest absolute Gasteiger partial charge is 0.295 e. The predicted octanol–water partition coefficient (Wildman–Crippen LogP) is 4.19. The van der Waals surface area contributed by atoms with Crippen LogP contribution in [-0.4, -0.2) is 5.54 Å². The van der Waals surface area contributed by atoms with E-state index >= 15 is 0 Å². The molecule has 0 spiro atoms. The van der Waals surface area contributed by atoms with Gasteiger partial charge in [-0.05, 0) is 32.9 Å². The van der Waals surface area contributed by atoms with Crippen molar-refractivity contribution in [3.05, 3.63) is 33.6 Å². The molecule has 0 heterocycles. The molecule has 0 bridgehead atoms. The van der Waals surface area contributed by atoms with Crippen LogP contribution < -0.4 is 5.32 Å². The Labute approximate surface area is 111 Å². The molecule has 1 atom stereocenters. The lowest BCUT2D eigenvalue weighted by atomic mass is 10.0. The number of nitrogens with one attached hydrogen (secondary N) is 1. The van der Waals surface area contributed by atoms with E-state index < -0.39 is 11.4 Å². The van der Waals surface area contributed by atoms with Gasteiger partial charge in [-0.15, -0.1) is 6.42 Å². The summed E-state index contributed by atoms with van der Waals surface area (Å²) in [5, 5.41) is 3.61. The molecule has 1 aromatic rings. The summed E-state index contributed by atoms with van der Waals surface area (Å²) >= 11 is 11.9. The molecule has 0 aliphatic rings. The predicted molar refractivity (Wildman–Crippen MR) is 70.9 cm³/mol. The van der Waals surface area contributed by atoms with E-state index in [-0.39, 0.29) is 11.1 Å². The van der Waals surface area contributed by atoms with Crippen LogP contribution in [0.1, 0.15) is 32.4 Å². The highest BCUT2D eigenvalue weighted by Gasteiger charge is 2.22. The smallest absolute Gasteiger partial charge is 0.142 e. The van der Waals surface area contributed by atoms with Gasteiger partial charge in [0.15, 0.2) is 0 Å². The molecule has 0 radical (unpaired) electrons. The van der Waals surface area contributed by atoms with E-state index in [1.54, 1.807) is 0 Å². The molecule has 1 unspecified atom stereocenters. The molecular weight excluding hydrogens is 260 g/mol. The van der Waals surface area contributed by atoms with E-state index in [1.807, 2.05) is 20.8 Å². The molecule has 1 rings (SSSR count). The minimum atomic E-state index is -0.515. The molecule has 0 aromatic heterocycles. The number of hydrogen-bond donors (Lipinski definition) is 1. The molecule has 0 aliphatic carbocycles. The molecule has 0 amide bonds. The molecule has 0 aliphatic heterocycles. The van der Waals surface area contributed by atoms with Gasteiger partial charge in [-0.25, -0.2) is 4.39 Å². The second-order valence-corrected chi connectivity index (χ2v) is 5.18. The quantitative estimate of drug-likeness (QED) is 0.643. The van der Waals surface area contributed by atoms with Gasteiger partial charge in [-0.1, -0.05) is 29.1 Å². The van der Waals surface area contributed by atoms with Crippen LogP contribution in [0.4, 0.5) is 4.39 Å². The Morgan fingerprint density at radius 3 is 2.53 bits per heavy atom. The van der Waals surface area contributed by atoms with Crippen molar-refractivity contribution in [3.8, 4) is 12.3 Å². The molecule has 4 heteroatoms. The van der Waals surface area contributed by atoms with Gasteiger partial charge in [-0.2, -0.15) is 0 Å². The first-order valence-corrected chi connectivity index (χ1v) is 5.93. The zero-order valence-electron chi connectivity index (χ0n) is 9.94. The summed E-state index contributed by atoms with van der Waals surface area (Å²) in [6.45, 7) is 5.54. The van der Waals surface area contributed by atoms with Crippen molar-refractivity contribution in [2.24, 2.45) is 0 Å². The first kappa shape index (κ1) is 14.3. The van der Waals surface area contributed by atoms with Crippen LogP contribution in [0.2, 0.25) is 10.0 Å². The second-order valence-electron chi connectivity index (χ2n) is 4.39. The van der Waals surface area contributed by atoms with Gasteiger partial charge < -0.3 is 0 Å². The molecule has 1 N–H and O–H groups in total. The van der Waals surface area contributed by atoms with E-state index in [4.69, 9.17) is 29.6 Å². The van der Waals surface area contributed by atoms with Crippen LogP contribution in [0.25, 0.3) is 0 Å². The van der Waals surface area contributed by atoms with Crippen LogP contribution in [0.5, 0.6) is 0 Å². The van der Waals surface area contributed by atoms with Crippen LogP contribution in [0.15, 0.2) is 12.1 Å². The third kappa shape index (κ3) is 3.35. The van der Waals surface area contributed by atoms with Crippen molar-refractivity contribution in [2.75, 3.05) is 0 Å².